The molecule has 0 spiro atoms. The van der Waals surface area contributed by atoms with Crippen molar-refractivity contribution in [3.8, 4) is 22.9 Å². The number of Topliss-reactive ketones (excluding diaryl/α,β-unsaturated/α-hetero) is 1. The molecule has 0 saturated carbocycles. The van der Waals surface area contributed by atoms with Gasteiger partial charge in [-0.1, -0.05) is 12.1 Å². The van der Waals surface area contributed by atoms with Crippen molar-refractivity contribution in [2.24, 2.45) is 0 Å². The van der Waals surface area contributed by atoms with Crippen molar-refractivity contribution in [2.45, 2.75) is 12.7 Å². The number of hydrogen-bond donors (Lipinski definition) is 0. The average molecular weight is 392 g/mol. The van der Waals surface area contributed by atoms with Crippen LogP contribution < -0.4 is 9.47 Å². The zero-order valence-corrected chi connectivity index (χ0v) is 14.9. The van der Waals surface area contributed by atoms with Crippen LogP contribution in [0, 0.1) is 0 Å². The minimum Gasteiger partial charge on any atom is -0.493 e. The van der Waals surface area contributed by atoms with E-state index in [0.717, 1.165) is 16.9 Å². The molecule has 0 bridgehead atoms. The Morgan fingerprint density at radius 1 is 1.07 bits per heavy atom. The first-order valence-corrected chi connectivity index (χ1v) is 8.02. The largest absolute Gasteiger partial charge is 0.493 e. The average Bonchev–Trinajstić information content (AvgIpc) is 3.15. The standard InChI is InChI=1S/C18H15F3N4O3/c1-27-15-7-6-11(9-16(15)28-2)14(26)10-25-23-17(22-24-25)12-4-3-5-13(8-12)18(19,20)21/h3-9H,10H2,1-2H3. The lowest BCUT2D eigenvalue weighted by atomic mass is 10.1. The van der Waals surface area contributed by atoms with Gasteiger partial charge in [0, 0.05) is 11.1 Å². The lowest BCUT2D eigenvalue weighted by molar-refractivity contribution is -0.137. The molecule has 0 amide bonds. The van der Waals surface area contributed by atoms with E-state index < -0.39 is 11.7 Å². The second-order valence-electron chi connectivity index (χ2n) is 5.71. The van der Waals surface area contributed by atoms with Crippen molar-refractivity contribution in [2.75, 3.05) is 14.2 Å². The van der Waals surface area contributed by atoms with Crippen LogP contribution in [0.1, 0.15) is 15.9 Å². The molecule has 0 atom stereocenters. The number of carbonyl (C=O) groups excluding carboxylic acids is 1. The summed E-state index contributed by atoms with van der Waals surface area (Å²) < 4.78 is 48.8. The number of benzene rings is 2. The summed E-state index contributed by atoms with van der Waals surface area (Å²) in [6.45, 7) is -0.235. The number of hydrogen-bond acceptors (Lipinski definition) is 6. The zero-order valence-electron chi connectivity index (χ0n) is 14.9. The molecule has 3 aromatic rings. The van der Waals surface area contributed by atoms with E-state index in [2.05, 4.69) is 15.4 Å². The molecule has 0 aliphatic rings. The van der Waals surface area contributed by atoms with E-state index in [4.69, 9.17) is 9.47 Å². The molecule has 0 unspecified atom stereocenters. The number of aromatic nitrogens is 4. The minimum atomic E-state index is -4.48. The summed E-state index contributed by atoms with van der Waals surface area (Å²) in [7, 11) is 2.93. The Kier molecular flexibility index (Phi) is 5.30. The van der Waals surface area contributed by atoms with Crippen molar-refractivity contribution in [1.82, 2.24) is 20.2 Å². The molecule has 146 valence electrons. The van der Waals surface area contributed by atoms with E-state index in [1.165, 1.54) is 32.4 Å². The summed E-state index contributed by atoms with van der Waals surface area (Å²) in [5.41, 5.74) is -0.321. The number of alkyl halides is 3. The predicted octanol–water partition coefficient (Wildman–Crippen LogP) is 3.26. The molecule has 3 rings (SSSR count). The van der Waals surface area contributed by atoms with Gasteiger partial charge >= 0.3 is 6.18 Å². The van der Waals surface area contributed by atoms with E-state index >= 15 is 0 Å². The molecule has 0 saturated heterocycles. The van der Waals surface area contributed by atoms with Gasteiger partial charge in [-0.15, -0.1) is 10.2 Å². The normalized spacial score (nSPS) is 11.3. The Morgan fingerprint density at radius 3 is 2.50 bits per heavy atom. The lowest BCUT2D eigenvalue weighted by Gasteiger charge is -2.08. The van der Waals surface area contributed by atoms with Crippen LogP contribution in [-0.4, -0.2) is 40.2 Å². The second kappa shape index (κ2) is 7.67. The van der Waals surface area contributed by atoms with Crippen LogP contribution in [-0.2, 0) is 12.7 Å². The molecule has 1 heterocycles. The van der Waals surface area contributed by atoms with E-state index in [1.54, 1.807) is 12.1 Å². The number of tetrazole rings is 1. The molecule has 0 N–H and O–H groups in total. The first-order valence-electron chi connectivity index (χ1n) is 8.02. The number of ether oxygens (including phenoxy) is 2. The Bertz CT molecular complexity index is 1000. The van der Waals surface area contributed by atoms with Crippen LogP contribution in [0.5, 0.6) is 11.5 Å². The second-order valence-corrected chi connectivity index (χ2v) is 5.71. The van der Waals surface area contributed by atoms with Crippen LogP contribution in [0.4, 0.5) is 13.2 Å². The van der Waals surface area contributed by atoms with Crippen LogP contribution in [0.2, 0.25) is 0 Å². The van der Waals surface area contributed by atoms with Crippen LogP contribution in [0.25, 0.3) is 11.4 Å². The number of halogens is 3. The minimum absolute atomic E-state index is 0.00814. The summed E-state index contributed by atoms with van der Waals surface area (Å²) in [6.07, 6.45) is -4.48. The molecular weight excluding hydrogens is 377 g/mol. The SMILES string of the molecule is COc1ccc(C(=O)Cn2nnc(-c3cccc(C(F)(F)F)c3)n2)cc1OC. The van der Waals surface area contributed by atoms with E-state index in [9.17, 15) is 18.0 Å². The summed E-state index contributed by atoms with van der Waals surface area (Å²) in [5, 5.41) is 11.5. The number of nitrogens with zero attached hydrogens (tertiary/aromatic N) is 4. The third-order valence-corrected chi connectivity index (χ3v) is 3.89. The van der Waals surface area contributed by atoms with Gasteiger partial charge in [0.05, 0.1) is 19.8 Å². The van der Waals surface area contributed by atoms with Gasteiger partial charge in [-0.25, -0.2) is 0 Å². The maximum absolute atomic E-state index is 12.8. The highest BCUT2D eigenvalue weighted by Crippen LogP contribution is 2.31. The number of methoxy groups -OCH3 is 2. The fraction of sp³-hybridized carbons (Fsp3) is 0.222. The van der Waals surface area contributed by atoms with Gasteiger partial charge in [0.1, 0.15) is 6.54 Å². The first kappa shape index (κ1) is 19.3. The fourth-order valence-corrected chi connectivity index (χ4v) is 2.49. The van der Waals surface area contributed by atoms with E-state index in [0.29, 0.717) is 17.1 Å². The predicted molar refractivity (Wildman–Crippen MR) is 92.1 cm³/mol. The number of ketones is 1. The third-order valence-electron chi connectivity index (χ3n) is 3.89. The van der Waals surface area contributed by atoms with Crippen molar-refractivity contribution in [3.63, 3.8) is 0 Å². The van der Waals surface area contributed by atoms with Gasteiger partial charge < -0.3 is 9.47 Å². The third kappa shape index (κ3) is 4.11. The quantitative estimate of drug-likeness (QED) is 0.599. The number of rotatable bonds is 6. The van der Waals surface area contributed by atoms with Crippen molar-refractivity contribution in [3.05, 3.63) is 53.6 Å². The molecule has 0 aliphatic carbocycles. The summed E-state index contributed by atoms with van der Waals surface area (Å²) in [5.74, 6) is 0.537. The Hall–Kier alpha value is -3.43. The highest BCUT2D eigenvalue weighted by Gasteiger charge is 2.30. The summed E-state index contributed by atoms with van der Waals surface area (Å²) in [4.78, 5) is 13.5. The highest BCUT2D eigenvalue weighted by molar-refractivity contribution is 5.96. The summed E-state index contributed by atoms with van der Waals surface area (Å²) in [6, 6.07) is 9.25. The molecule has 0 radical (unpaired) electrons. The molecule has 7 nitrogen and oxygen atoms in total. The zero-order chi connectivity index (χ0) is 20.3. The van der Waals surface area contributed by atoms with E-state index in [-0.39, 0.29) is 23.7 Å². The Labute approximate surface area is 157 Å². The molecule has 2 aromatic carbocycles. The van der Waals surface area contributed by atoms with Gasteiger partial charge in [-0.2, -0.15) is 18.0 Å². The van der Waals surface area contributed by atoms with E-state index in [1.807, 2.05) is 0 Å². The van der Waals surface area contributed by atoms with Crippen molar-refractivity contribution < 1.29 is 27.4 Å². The topological polar surface area (TPSA) is 79.1 Å². The maximum atomic E-state index is 12.8. The van der Waals surface area contributed by atoms with Crippen LogP contribution in [0.3, 0.4) is 0 Å². The Morgan fingerprint density at radius 2 is 1.82 bits per heavy atom. The van der Waals surface area contributed by atoms with Gasteiger partial charge in [0.2, 0.25) is 5.82 Å². The monoisotopic (exact) mass is 392 g/mol. The fourth-order valence-electron chi connectivity index (χ4n) is 2.49. The molecule has 10 heteroatoms. The van der Waals surface area contributed by atoms with Gasteiger partial charge in [0.25, 0.3) is 0 Å². The van der Waals surface area contributed by atoms with Gasteiger partial charge in [-0.3, -0.25) is 4.79 Å². The Balaban J connectivity index is 1.79. The molecule has 1 aromatic heterocycles. The van der Waals surface area contributed by atoms with Crippen LogP contribution in [0.15, 0.2) is 42.5 Å². The smallest absolute Gasteiger partial charge is 0.416 e. The molecule has 0 aliphatic heterocycles. The van der Waals surface area contributed by atoms with Gasteiger partial charge in [-0.05, 0) is 35.5 Å². The van der Waals surface area contributed by atoms with Crippen molar-refractivity contribution in [1.29, 1.82) is 0 Å². The van der Waals surface area contributed by atoms with Crippen molar-refractivity contribution >= 4 is 5.78 Å². The first-order chi connectivity index (χ1) is 13.3. The van der Waals surface area contributed by atoms with Crippen LogP contribution >= 0.6 is 0 Å². The number of carbonyl (C=O) groups is 1. The highest BCUT2D eigenvalue weighted by atomic mass is 19.4. The molecule has 0 fully saturated rings. The lowest BCUT2D eigenvalue weighted by Crippen LogP contribution is -2.13. The van der Waals surface area contributed by atoms with Gasteiger partial charge in [0.15, 0.2) is 17.3 Å². The maximum Gasteiger partial charge on any atom is 0.416 e. The molecular formula is C18H15F3N4O3. The molecule has 28 heavy (non-hydrogen) atoms. The summed E-state index contributed by atoms with van der Waals surface area (Å²) >= 11 is 0.